The summed E-state index contributed by atoms with van der Waals surface area (Å²) < 4.78 is 74.3. The second-order valence-corrected chi connectivity index (χ2v) is 8.37. The van der Waals surface area contributed by atoms with Gasteiger partial charge in [0.25, 0.3) is 5.91 Å². The zero-order valence-corrected chi connectivity index (χ0v) is 18.2. The van der Waals surface area contributed by atoms with Crippen molar-refractivity contribution >= 4 is 11.6 Å². The van der Waals surface area contributed by atoms with Crippen LogP contribution in [0.2, 0.25) is 0 Å². The lowest BCUT2D eigenvalue weighted by Gasteiger charge is -2.40. The van der Waals surface area contributed by atoms with Crippen molar-refractivity contribution in [2.24, 2.45) is 0 Å². The van der Waals surface area contributed by atoms with Gasteiger partial charge in [-0.05, 0) is 50.1 Å². The number of fused-ring (bicyclic) bond motifs is 2. The largest absolute Gasteiger partial charge is 0.481 e. The van der Waals surface area contributed by atoms with E-state index >= 15 is 0 Å². The molecule has 0 saturated heterocycles. The Morgan fingerprint density at radius 1 is 1.09 bits per heavy atom. The number of hydrogen-bond donors (Lipinski definition) is 1. The van der Waals surface area contributed by atoms with Gasteiger partial charge in [-0.15, -0.1) is 0 Å². The van der Waals surface area contributed by atoms with Crippen molar-refractivity contribution in [3.63, 3.8) is 0 Å². The Morgan fingerprint density at radius 3 is 2.36 bits per heavy atom. The molecule has 0 aliphatic carbocycles. The molecule has 0 bridgehead atoms. The smallest absolute Gasteiger partial charge is 0.458 e. The van der Waals surface area contributed by atoms with Crippen molar-refractivity contribution in [1.29, 1.82) is 0 Å². The second-order valence-electron chi connectivity index (χ2n) is 8.37. The van der Waals surface area contributed by atoms with E-state index in [1.807, 2.05) is 0 Å². The lowest BCUT2D eigenvalue weighted by molar-refractivity contribution is -0.289. The van der Waals surface area contributed by atoms with Gasteiger partial charge in [-0.25, -0.2) is 0 Å². The molecule has 0 atom stereocenters. The molecule has 4 rings (SSSR count). The quantitative estimate of drug-likeness (QED) is 0.489. The summed E-state index contributed by atoms with van der Waals surface area (Å²) >= 11 is 0. The first-order valence-corrected chi connectivity index (χ1v) is 10.0. The average molecular weight is 468 g/mol. The molecule has 1 N–H and O–H groups in total. The summed E-state index contributed by atoms with van der Waals surface area (Å²) in [4.78, 5) is 19.7. The van der Waals surface area contributed by atoms with Gasteiger partial charge in [0, 0.05) is 16.7 Å². The van der Waals surface area contributed by atoms with Gasteiger partial charge in [0.05, 0.1) is 19.4 Å². The number of carbonyl (C=O) groups is 1. The van der Waals surface area contributed by atoms with Gasteiger partial charge in [0.15, 0.2) is 0 Å². The molecule has 176 valence electrons. The SMILES string of the molecule is CONC1=C(N2Cc3ccccc3C2=O)c2c(ccc(C(F)(F)C(F)(F)F)c2C)OC1(C)C. The van der Waals surface area contributed by atoms with Crippen molar-refractivity contribution in [1.82, 2.24) is 10.4 Å². The highest BCUT2D eigenvalue weighted by atomic mass is 19.4. The number of carbonyl (C=O) groups excluding carboxylic acids is 1. The minimum atomic E-state index is -5.79. The molecule has 1 amide bonds. The molecule has 2 aromatic rings. The fraction of sp³-hybridized carbons (Fsp3) is 0.348. The van der Waals surface area contributed by atoms with E-state index in [1.54, 1.807) is 38.1 Å². The number of amides is 1. The van der Waals surface area contributed by atoms with E-state index in [2.05, 4.69) is 5.48 Å². The summed E-state index contributed by atoms with van der Waals surface area (Å²) in [5.41, 5.74) is 1.41. The fourth-order valence-electron chi connectivity index (χ4n) is 4.27. The summed E-state index contributed by atoms with van der Waals surface area (Å²) in [6.45, 7) is 4.60. The second kappa shape index (κ2) is 7.44. The molecule has 0 spiro atoms. The van der Waals surface area contributed by atoms with Crippen LogP contribution in [0.3, 0.4) is 0 Å². The first-order valence-electron chi connectivity index (χ1n) is 10.0. The van der Waals surface area contributed by atoms with Gasteiger partial charge in [-0.1, -0.05) is 18.2 Å². The highest BCUT2D eigenvalue weighted by molar-refractivity contribution is 6.04. The van der Waals surface area contributed by atoms with E-state index < -0.39 is 29.2 Å². The maximum atomic E-state index is 14.4. The number of halogens is 5. The lowest BCUT2D eigenvalue weighted by atomic mass is 9.88. The third-order valence-electron chi connectivity index (χ3n) is 5.86. The van der Waals surface area contributed by atoms with Gasteiger partial charge in [-0.2, -0.15) is 22.0 Å². The Bertz CT molecular complexity index is 1170. The Hall–Kier alpha value is -3.14. The number of ether oxygens (including phenoxy) is 1. The van der Waals surface area contributed by atoms with Crippen LogP contribution < -0.4 is 10.2 Å². The van der Waals surface area contributed by atoms with Gasteiger partial charge >= 0.3 is 12.1 Å². The summed E-state index contributed by atoms with van der Waals surface area (Å²) in [5, 5.41) is 0. The van der Waals surface area contributed by atoms with Crippen LogP contribution in [-0.2, 0) is 17.3 Å². The Kier molecular flexibility index (Phi) is 5.19. The summed E-state index contributed by atoms with van der Waals surface area (Å²) in [6.07, 6.45) is -5.79. The van der Waals surface area contributed by atoms with E-state index in [-0.39, 0.29) is 34.8 Å². The monoisotopic (exact) mass is 468 g/mol. The fourth-order valence-corrected chi connectivity index (χ4v) is 4.27. The normalized spacial score (nSPS) is 17.6. The van der Waals surface area contributed by atoms with Crippen molar-refractivity contribution in [3.8, 4) is 5.75 Å². The number of nitrogens with one attached hydrogen (secondary N) is 1. The van der Waals surface area contributed by atoms with Gasteiger partial charge < -0.3 is 9.64 Å². The predicted octanol–water partition coefficient (Wildman–Crippen LogP) is 5.30. The van der Waals surface area contributed by atoms with Gasteiger partial charge in [0.1, 0.15) is 17.0 Å². The molecular weight excluding hydrogens is 447 g/mol. The molecule has 0 radical (unpaired) electrons. The third-order valence-corrected chi connectivity index (χ3v) is 5.86. The van der Waals surface area contributed by atoms with Crippen molar-refractivity contribution in [2.75, 3.05) is 7.11 Å². The molecule has 0 unspecified atom stereocenters. The number of rotatable bonds is 4. The highest BCUT2D eigenvalue weighted by Gasteiger charge is 2.60. The van der Waals surface area contributed by atoms with E-state index in [4.69, 9.17) is 9.57 Å². The first kappa shape index (κ1) is 23.0. The van der Waals surface area contributed by atoms with Crippen LogP contribution in [0.25, 0.3) is 5.70 Å². The molecule has 2 heterocycles. The van der Waals surface area contributed by atoms with Crippen LogP contribution in [-0.4, -0.2) is 29.7 Å². The molecule has 0 saturated carbocycles. The minimum absolute atomic E-state index is 0.0311. The number of benzene rings is 2. The number of alkyl halides is 5. The van der Waals surface area contributed by atoms with Crippen molar-refractivity contribution in [2.45, 2.75) is 45.0 Å². The minimum Gasteiger partial charge on any atom is -0.481 e. The molecule has 0 aromatic heterocycles. The zero-order chi connectivity index (χ0) is 24.3. The number of nitrogens with zero attached hydrogens (tertiary/aromatic N) is 1. The van der Waals surface area contributed by atoms with Crippen molar-refractivity contribution < 1.29 is 36.3 Å². The van der Waals surface area contributed by atoms with E-state index in [0.29, 0.717) is 17.2 Å². The molecule has 33 heavy (non-hydrogen) atoms. The molecule has 2 aliphatic heterocycles. The van der Waals surface area contributed by atoms with Crippen molar-refractivity contribution in [3.05, 3.63) is 69.9 Å². The zero-order valence-electron chi connectivity index (χ0n) is 18.2. The topological polar surface area (TPSA) is 50.8 Å². The van der Waals surface area contributed by atoms with Crippen LogP contribution in [0.5, 0.6) is 5.75 Å². The van der Waals surface area contributed by atoms with Gasteiger partial charge in [-0.3, -0.25) is 15.1 Å². The molecule has 0 fully saturated rings. The third kappa shape index (κ3) is 3.43. The van der Waals surface area contributed by atoms with Crippen LogP contribution >= 0.6 is 0 Å². The van der Waals surface area contributed by atoms with Crippen LogP contribution in [0.1, 0.15) is 46.5 Å². The van der Waals surface area contributed by atoms with Crippen LogP contribution in [0, 0.1) is 6.92 Å². The lowest BCUT2D eigenvalue weighted by Crippen LogP contribution is -2.44. The Labute approximate surface area is 186 Å². The maximum absolute atomic E-state index is 14.4. The van der Waals surface area contributed by atoms with Gasteiger partial charge in [0.2, 0.25) is 0 Å². The number of hydroxylamine groups is 1. The molecule has 10 heteroatoms. The summed E-state index contributed by atoms with van der Waals surface area (Å²) in [7, 11) is 1.32. The first-order chi connectivity index (χ1) is 15.3. The van der Waals surface area contributed by atoms with E-state index in [0.717, 1.165) is 13.0 Å². The van der Waals surface area contributed by atoms with E-state index in [1.165, 1.54) is 12.0 Å². The molecule has 5 nitrogen and oxygen atoms in total. The van der Waals surface area contributed by atoms with Crippen LogP contribution in [0.15, 0.2) is 42.1 Å². The average Bonchev–Trinajstić information content (AvgIpc) is 3.04. The Balaban J connectivity index is 2.00. The van der Waals surface area contributed by atoms with E-state index in [9.17, 15) is 26.7 Å². The number of hydrogen-bond acceptors (Lipinski definition) is 4. The standard InChI is InChI=1S/C23H21F5N2O3/c1-12-15(22(24,25)23(26,27)28)9-10-16-17(12)18(19(29-32-4)21(2,3)33-16)30-11-13-7-5-6-8-14(13)20(30)31/h5-10,29H,11H2,1-4H3. The predicted molar refractivity (Wildman–Crippen MR) is 109 cm³/mol. The Morgan fingerprint density at radius 2 is 1.76 bits per heavy atom. The molecule has 2 aliphatic rings. The summed E-state index contributed by atoms with van der Waals surface area (Å²) in [6, 6.07) is 8.63. The highest BCUT2D eigenvalue weighted by Crippen LogP contribution is 2.51. The molecular formula is C23H21F5N2O3. The van der Waals surface area contributed by atoms with Crippen LogP contribution in [0.4, 0.5) is 22.0 Å². The molecule has 2 aromatic carbocycles. The maximum Gasteiger partial charge on any atom is 0.458 e. The summed E-state index contributed by atoms with van der Waals surface area (Å²) in [5.74, 6) is -5.43.